The van der Waals surface area contributed by atoms with E-state index in [0.717, 1.165) is 18.2 Å². The summed E-state index contributed by atoms with van der Waals surface area (Å²) < 4.78 is 55.8. The van der Waals surface area contributed by atoms with Crippen molar-refractivity contribution in [1.82, 2.24) is 4.57 Å². The molecule has 4 rings (SSSR count). The number of hydrogen-bond donors (Lipinski definition) is 1. The summed E-state index contributed by atoms with van der Waals surface area (Å²) in [4.78, 5) is 11.8. The van der Waals surface area contributed by atoms with Crippen molar-refractivity contribution in [1.29, 1.82) is 0 Å². The number of carboxylic acid groups (broad SMARTS) is 1. The number of rotatable bonds is 7. The van der Waals surface area contributed by atoms with E-state index in [-0.39, 0.29) is 21.8 Å². The molecule has 174 valence electrons. The van der Waals surface area contributed by atoms with Crippen molar-refractivity contribution in [2.45, 2.75) is 29.7 Å². The van der Waals surface area contributed by atoms with Gasteiger partial charge in [0, 0.05) is 29.4 Å². The van der Waals surface area contributed by atoms with Gasteiger partial charge in [0.2, 0.25) is 9.84 Å². The number of benzene rings is 3. The third kappa shape index (κ3) is 4.63. The average molecular weight is 482 g/mol. The standard InChI is InChI=1S/C26H21F2NO4S/c1-17-19(14-24(29(17)16-26(30)31)20-12-21(27)15-22(28)13-20)11-18-7-5-6-10-25(18)34(32,33)23-8-3-2-4-9-23/h2-10,12-15H,11,16H2,1H3,(H,30,31). The second-order valence-electron chi connectivity index (χ2n) is 7.88. The van der Waals surface area contributed by atoms with Gasteiger partial charge in [-0.15, -0.1) is 0 Å². The van der Waals surface area contributed by atoms with Crippen LogP contribution in [0.3, 0.4) is 0 Å². The summed E-state index contributed by atoms with van der Waals surface area (Å²) in [5.74, 6) is -2.68. The second kappa shape index (κ2) is 9.23. The smallest absolute Gasteiger partial charge is 0.323 e. The summed E-state index contributed by atoms with van der Waals surface area (Å²) in [6.07, 6.45) is 0.186. The highest BCUT2D eigenvalue weighted by molar-refractivity contribution is 7.91. The molecule has 0 aliphatic carbocycles. The molecule has 34 heavy (non-hydrogen) atoms. The average Bonchev–Trinajstić information content (AvgIpc) is 3.09. The fourth-order valence-corrected chi connectivity index (χ4v) is 5.52. The van der Waals surface area contributed by atoms with Gasteiger partial charge in [-0.3, -0.25) is 4.79 Å². The number of carbonyl (C=O) groups is 1. The normalized spacial score (nSPS) is 11.5. The van der Waals surface area contributed by atoms with Gasteiger partial charge < -0.3 is 9.67 Å². The first-order chi connectivity index (χ1) is 16.2. The Morgan fingerprint density at radius 3 is 2.15 bits per heavy atom. The Hall–Kier alpha value is -3.78. The molecule has 0 saturated heterocycles. The molecular formula is C26H21F2NO4S. The van der Waals surface area contributed by atoms with Crippen LogP contribution in [0.1, 0.15) is 16.8 Å². The third-order valence-corrected chi connectivity index (χ3v) is 7.49. The van der Waals surface area contributed by atoms with E-state index in [1.807, 2.05) is 0 Å². The van der Waals surface area contributed by atoms with Gasteiger partial charge in [-0.05, 0) is 54.4 Å². The molecule has 4 aromatic rings. The Morgan fingerprint density at radius 2 is 1.50 bits per heavy atom. The number of halogens is 2. The van der Waals surface area contributed by atoms with Gasteiger partial charge in [-0.2, -0.15) is 0 Å². The van der Waals surface area contributed by atoms with Gasteiger partial charge in [-0.25, -0.2) is 17.2 Å². The molecule has 0 bridgehead atoms. The fourth-order valence-electron chi connectivity index (χ4n) is 4.00. The zero-order chi connectivity index (χ0) is 24.5. The van der Waals surface area contributed by atoms with E-state index in [2.05, 4.69) is 0 Å². The number of hydrogen-bond acceptors (Lipinski definition) is 3. The number of carboxylic acids is 1. The maximum Gasteiger partial charge on any atom is 0.323 e. The summed E-state index contributed by atoms with van der Waals surface area (Å²) in [6, 6.07) is 19.3. The monoisotopic (exact) mass is 481 g/mol. The first-order valence-corrected chi connectivity index (χ1v) is 11.9. The zero-order valence-corrected chi connectivity index (χ0v) is 19.0. The van der Waals surface area contributed by atoms with Crippen LogP contribution in [0.4, 0.5) is 8.78 Å². The highest BCUT2D eigenvalue weighted by Crippen LogP contribution is 2.31. The van der Waals surface area contributed by atoms with Crippen LogP contribution in [0.15, 0.2) is 88.7 Å². The molecule has 0 unspecified atom stereocenters. The van der Waals surface area contributed by atoms with Crippen LogP contribution < -0.4 is 0 Å². The summed E-state index contributed by atoms with van der Waals surface area (Å²) >= 11 is 0. The van der Waals surface area contributed by atoms with Crippen molar-refractivity contribution in [2.75, 3.05) is 0 Å². The molecule has 0 fully saturated rings. The van der Waals surface area contributed by atoms with E-state index >= 15 is 0 Å². The molecule has 0 aliphatic rings. The quantitative estimate of drug-likeness (QED) is 0.391. The SMILES string of the molecule is Cc1c(Cc2ccccc2S(=O)(=O)c2ccccc2)cc(-c2cc(F)cc(F)c2)n1CC(=O)O. The zero-order valence-electron chi connectivity index (χ0n) is 18.2. The molecule has 0 atom stereocenters. The molecule has 8 heteroatoms. The topological polar surface area (TPSA) is 76.4 Å². The van der Waals surface area contributed by atoms with E-state index in [4.69, 9.17) is 0 Å². The Labute approximate surface area is 195 Å². The van der Waals surface area contributed by atoms with Crippen LogP contribution in [-0.2, 0) is 27.6 Å². The lowest BCUT2D eigenvalue weighted by molar-refractivity contribution is -0.137. The van der Waals surface area contributed by atoms with Crippen molar-refractivity contribution in [3.8, 4) is 11.3 Å². The Balaban J connectivity index is 1.82. The largest absolute Gasteiger partial charge is 0.480 e. The van der Waals surface area contributed by atoms with Crippen LogP contribution >= 0.6 is 0 Å². The predicted octanol–water partition coefficient (Wildman–Crippen LogP) is 5.25. The summed E-state index contributed by atoms with van der Waals surface area (Å²) in [5.41, 5.74) is 2.26. The second-order valence-corrected chi connectivity index (χ2v) is 9.80. The Kier molecular flexibility index (Phi) is 6.34. The predicted molar refractivity (Wildman–Crippen MR) is 123 cm³/mol. The van der Waals surface area contributed by atoms with Crippen LogP contribution in [0.5, 0.6) is 0 Å². The number of sulfone groups is 1. The molecule has 5 nitrogen and oxygen atoms in total. The number of aromatic nitrogens is 1. The van der Waals surface area contributed by atoms with Crippen molar-refractivity contribution in [2.24, 2.45) is 0 Å². The molecular weight excluding hydrogens is 460 g/mol. The molecule has 0 spiro atoms. The minimum atomic E-state index is -3.79. The van der Waals surface area contributed by atoms with Crippen LogP contribution in [0.25, 0.3) is 11.3 Å². The first-order valence-electron chi connectivity index (χ1n) is 10.4. The molecule has 0 amide bonds. The van der Waals surface area contributed by atoms with Gasteiger partial charge in [-0.1, -0.05) is 36.4 Å². The molecule has 0 radical (unpaired) electrons. The van der Waals surface area contributed by atoms with Crippen molar-refractivity contribution in [3.05, 3.63) is 107 Å². The molecule has 0 saturated carbocycles. The summed E-state index contributed by atoms with van der Waals surface area (Å²) in [7, 11) is -3.79. The molecule has 3 aromatic carbocycles. The van der Waals surface area contributed by atoms with Gasteiger partial charge in [0.25, 0.3) is 0 Å². The molecule has 1 N–H and O–H groups in total. The maximum atomic E-state index is 13.9. The highest BCUT2D eigenvalue weighted by Gasteiger charge is 2.23. The van der Waals surface area contributed by atoms with E-state index in [0.29, 0.717) is 22.5 Å². The minimum absolute atomic E-state index is 0.143. The lowest BCUT2D eigenvalue weighted by Crippen LogP contribution is -2.12. The van der Waals surface area contributed by atoms with Gasteiger partial charge in [0.1, 0.15) is 18.2 Å². The van der Waals surface area contributed by atoms with E-state index < -0.39 is 34.0 Å². The molecule has 1 aromatic heterocycles. The fraction of sp³-hybridized carbons (Fsp3) is 0.115. The Morgan fingerprint density at radius 1 is 0.882 bits per heavy atom. The lowest BCUT2D eigenvalue weighted by Gasteiger charge is -2.12. The molecule has 0 aliphatic heterocycles. The number of aliphatic carboxylic acids is 1. The van der Waals surface area contributed by atoms with E-state index in [1.165, 1.54) is 22.8 Å². The van der Waals surface area contributed by atoms with Crippen molar-refractivity contribution >= 4 is 15.8 Å². The maximum absolute atomic E-state index is 13.9. The minimum Gasteiger partial charge on any atom is -0.480 e. The van der Waals surface area contributed by atoms with Crippen LogP contribution in [0.2, 0.25) is 0 Å². The third-order valence-electron chi connectivity index (χ3n) is 5.62. The first kappa shape index (κ1) is 23.4. The van der Waals surface area contributed by atoms with Crippen LogP contribution in [0, 0.1) is 18.6 Å². The van der Waals surface area contributed by atoms with Gasteiger partial charge in [0.15, 0.2) is 0 Å². The van der Waals surface area contributed by atoms with Crippen molar-refractivity contribution in [3.63, 3.8) is 0 Å². The van der Waals surface area contributed by atoms with E-state index in [9.17, 15) is 27.1 Å². The van der Waals surface area contributed by atoms with Crippen molar-refractivity contribution < 1.29 is 27.1 Å². The Bertz CT molecular complexity index is 1460. The summed E-state index contributed by atoms with van der Waals surface area (Å²) in [6.45, 7) is 1.29. The van der Waals surface area contributed by atoms with E-state index in [1.54, 1.807) is 49.4 Å². The molecule has 1 heterocycles. The highest BCUT2D eigenvalue weighted by atomic mass is 32.2. The van der Waals surface area contributed by atoms with Gasteiger partial charge >= 0.3 is 5.97 Å². The van der Waals surface area contributed by atoms with Crippen LogP contribution in [-0.4, -0.2) is 24.1 Å². The summed E-state index contributed by atoms with van der Waals surface area (Å²) in [5, 5.41) is 9.40. The van der Waals surface area contributed by atoms with Gasteiger partial charge in [0.05, 0.1) is 9.79 Å². The number of nitrogens with zero attached hydrogens (tertiary/aromatic N) is 1. The lowest BCUT2D eigenvalue weighted by atomic mass is 10.0.